The van der Waals surface area contributed by atoms with Crippen LogP contribution in [0.2, 0.25) is 0 Å². The minimum absolute atomic E-state index is 0.358. The van der Waals surface area contributed by atoms with Crippen molar-refractivity contribution in [2.75, 3.05) is 15.9 Å². The number of hydrogen-bond donors (Lipinski definition) is 1. The summed E-state index contributed by atoms with van der Waals surface area (Å²) in [6, 6.07) is 10.5. The highest BCUT2D eigenvalue weighted by atomic mass is 32.2. The van der Waals surface area contributed by atoms with E-state index in [9.17, 15) is 13.2 Å². The molecular formula is C21H28N2O3S. The number of nitrogens with zero attached hydrogens (tertiary/aromatic N) is 1. The molecule has 0 aliphatic heterocycles. The molecule has 27 heavy (non-hydrogen) atoms. The zero-order valence-electron chi connectivity index (χ0n) is 16.8. The van der Waals surface area contributed by atoms with E-state index in [1.807, 2.05) is 52.0 Å². The molecule has 2 rings (SSSR count). The van der Waals surface area contributed by atoms with Crippen molar-refractivity contribution in [1.82, 2.24) is 0 Å². The summed E-state index contributed by atoms with van der Waals surface area (Å²) in [7, 11) is -3.64. The normalized spacial score (nSPS) is 12.5. The van der Waals surface area contributed by atoms with Crippen LogP contribution in [0.5, 0.6) is 0 Å². The van der Waals surface area contributed by atoms with Crippen molar-refractivity contribution < 1.29 is 13.2 Å². The van der Waals surface area contributed by atoms with E-state index in [1.54, 1.807) is 19.1 Å². The summed E-state index contributed by atoms with van der Waals surface area (Å²) in [6.45, 7) is 9.37. The minimum Gasteiger partial charge on any atom is -0.324 e. The van der Waals surface area contributed by atoms with Crippen LogP contribution in [0.3, 0.4) is 0 Å². The van der Waals surface area contributed by atoms with Gasteiger partial charge in [-0.05, 0) is 68.5 Å². The first-order valence-corrected chi connectivity index (χ1v) is 10.9. The third-order valence-corrected chi connectivity index (χ3v) is 5.78. The first kappa shape index (κ1) is 21.0. The molecule has 0 bridgehead atoms. The van der Waals surface area contributed by atoms with Crippen molar-refractivity contribution in [3.05, 3.63) is 58.7 Å². The molecule has 0 aromatic heterocycles. The summed E-state index contributed by atoms with van der Waals surface area (Å²) in [4.78, 5) is 12.9. The number of carbonyl (C=O) groups is 1. The number of benzene rings is 2. The molecule has 1 atom stereocenters. The molecule has 0 fully saturated rings. The van der Waals surface area contributed by atoms with Gasteiger partial charge < -0.3 is 5.32 Å². The first-order chi connectivity index (χ1) is 12.5. The quantitative estimate of drug-likeness (QED) is 0.814. The van der Waals surface area contributed by atoms with Gasteiger partial charge in [-0.25, -0.2) is 8.42 Å². The molecule has 2 aromatic rings. The SMILES string of the molecule is CCc1cccc(C)c1NC(=O)C(C)N(c1cc(C)cc(C)c1)S(C)(=O)=O. The van der Waals surface area contributed by atoms with Gasteiger partial charge in [-0.15, -0.1) is 0 Å². The Hall–Kier alpha value is -2.34. The van der Waals surface area contributed by atoms with E-state index in [-0.39, 0.29) is 5.91 Å². The molecule has 0 radical (unpaired) electrons. The van der Waals surface area contributed by atoms with Crippen LogP contribution in [0.15, 0.2) is 36.4 Å². The fourth-order valence-corrected chi connectivity index (χ4v) is 4.47. The number of para-hydroxylation sites is 1. The summed E-state index contributed by atoms with van der Waals surface area (Å²) in [5.41, 5.74) is 5.11. The molecule has 1 amide bonds. The summed E-state index contributed by atoms with van der Waals surface area (Å²) in [6.07, 6.45) is 1.90. The predicted octanol–water partition coefficient (Wildman–Crippen LogP) is 3.97. The summed E-state index contributed by atoms with van der Waals surface area (Å²) in [5.74, 6) is -0.358. The van der Waals surface area contributed by atoms with Crippen molar-refractivity contribution in [2.45, 2.75) is 47.1 Å². The molecule has 0 saturated carbocycles. The lowest BCUT2D eigenvalue weighted by Crippen LogP contribution is -2.45. The van der Waals surface area contributed by atoms with Gasteiger partial charge in [-0.2, -0.15) is 0 Å². The molecule has 0 saturated heterocycles. The first-order valence-electron chi connectivity index (χ1n) is 9.01. The van der Waals surface area contributed by atoms with Crippen LogP contribution in [-0.4, -0.2) is 26.6 Å². The molecule has 0 aliphatic carbocycles. The number of aryl methyl sites for hydroxylation is 4. The highest BCUT2D eigenvalue weighted by Crippen LogP contribution is 2.26. The van der Waals surface area contributed by atoms with Crippen LogP contribution in [0, 0.1) is 20.8 Å². The van der Waals surface area contributed by atoms with Crippen molar-refractivity contribution in [3.8, 4) is 0 Å². The summed E-state index contributed by atoms with van der Waals surface area (Å²) >= 11 is 0. The standard InChI is InChI=1S/C21H28N2O3S/c1-7-18-10-8-9-16(4)20(18)22-21(24)17(5)23(27(6,25)26)19-12-14(2)11-15(3)13-19/h8-13,17H,7H2,1-6H3,(H,22,24). The van der Waals surface area contributed by atoms with E-state index in [4.69, 9.17) is 0 Å². The van der Waals surface area contributed by atoms with E-state index in [2.05, 4.69) is 5.32 Å². The molecular weight excluding hydrogens is 360 g/mol. The Kier molecular flexibility index (Phi) is 6.31. The topological polar surface area (TPSA) is 66.5 Å². The lowest BCUT2D eigenvalue weighted by Gasteiger charge is -2.29. The van der Waals surface area contributed by atoms with Crippen LogP contribution in [-0.2, 0) is 21.2 Å². The van der Waals surface area contributed by atoms with Crippen LogP contribution >= 0.6 is 0 Å². The minimum atomic E-state index is -3.64. The van der Waals surface area contributed by atoms with Crippen LogP contribution in [0.1, 0.15) is 36.1 Å². The smallest absolute Gasteiger partial charge is 0.248 e. The summed E-state index contributed by atoms with van der Waals surface area (Å²) in [5, 5.41) is 2.94. The summed E-state index contributed by atoms with van der Waals surface area (Å²) < 4.78 is 26.2. The third-order valence-electron chi connectivity index (χ3n) is 4.54. The predicted molar refractivity (Wildman–Crippen MR) is 112 cm³/mol. The highest BCUT2D eigenvalue weighted by molar-refractivity contribution is 7.92. The van der Waals surface area contributed by atoms with Crippen LogP contribution in [0.4, 0.5) is 11.4 Å². The zero-order chi connectivity index (χ0) is 20.4. The number of carbonyl (C=O) groups excluding carboxylic acids is 1. The Morgan fingerprint density at radius 1 is 1.11 bits per heavy atom. The molecule has 0 spiro atoms. The number of rotatable bonds is 6. The Labute approximate surface area is 162 Å². The van der Waals surface area contributed by atoms with Gasteiger partial charge >= 0.3 is 0 Å². The lowest BCUT2D eigenvalue weighted by molar-refractivity contribution is -0.116. The van der Waals surface area contributed by atoms with Gasteiger partial charge in [-0.3, -0.25) is 9.10 Å². The molecule has 0 heterocycles. The second-order valence-electron chi connectivity index (χ2n) is 7.03. The largest absolute Gasteiger partial charge is 0.324 e. The third kappa shape index (κ3) is 4.89. The molecule has 1 unspecified atom stereocenters. The van der Waals surface area contributed by atoms with Gasteiger partial charge in [0.25, 0.3) is 0 Å². The number of amides is 1. The fraction of sp³-hybridized carbons (Fsp3) is 0.381. The number of hydrogen-bond acceptors (Lipinski definition) is 3. The van der Waals surface area contributed by atoms with Crippen molar-refractivity contribution in [1.29, 1.82) is 0 Å². The van der Waals surface area contributed by atoms with Gasteiger partial charge in [0.2, 0.25) is 15.9 Å². The van der Waals surface area contributed by atoms with E-state index in [0.29, 0.717) is 5.69 Å². The van der Waals surface area contributed by atoms with Crippen molar-refractivity contribution in [3.63, 3.8) is 0 Å². The van der Waals surface area contributed by atoms with E-state index < -0.39 is 16.1 Å². The number of nitrogens with one attached hydrogen (secondary N) is 1. The molecule has 1 N–H and O–H groups in total. The average molecular weight is 389 g/mol. The van der Waals surface area contributed by atoms with Gasteiger partial charge in [0.1, 0.15) is 6.04 Å². The van der Waals surface area contributed by atoms with Crippen LogP contribution < -0.4 is 9.62 Å². The van der Waals surface area contributed by atoms with Gasteiger partial charge in [0.15, 0.2) is 0 Å². The molecule has 5 nitrogen and oxygen atoms in total. The number of anilines is 2. The van der Waals surface area contributed by atoms with Crippen LogP contribution in [0.25, 0.3) is 0 Å². The van der Waals surface area contributed by atoms with Gasteiger partial charge in [0.05, 0.1) is 11.9 Å². The Morgan fingerprint density at radius 3 is 2.22 bits per heavy atom. The molecule has 0 aliphatic rings. The van der Waals surface area contributed by atoms with Crippen molar-refractivity contribution >= 4 is 27.3 Å². The average Bonchev–Trinajstić information content (AvgIpc) is 2.54. The van der Waals surface area contributed by atoms with E-state index >= 15 is 0 Å². The Balaban J connectivity index is 2.42. The zero-order valence-corrected chi connectivity index (χ0v) is 17.6. The monoisotopic (exact) mass is 388 g/mol. The molecule has 6 heteroatoms. The number of sulfonamides is 1. The highest BCUT2D eigenvalue weighted by Gasteiger charge is 2.30. The van der Waals surface area contributed by atoms with E-state index in [1.165, 1.54) is 4.31 Å². The molecule has 2 aromatic carbocycles. The fourth-order valence-electron chi connectivity index (χ4n) is 3.32. The molecule has 146 valence electrons. The Morgan fingerprint density at radius 2 is 1.70 bits per heavy atom. The second kappa shape index (κ2) is 8.13. The van der Waals surface area contributed by atoms with E-state index in [0.717, 1.165) is 40.6 Å². The lowest BCUT2D eigenvalue weighted by atomic mass is 10.1. The maximum Gasteiger partial charge on any atom is 0.248 e. The van der Waals surface area contributed by atoms with Crippen molar-refractivity contribution in [2.24, 2.45) is 0 Å². The van der Waals surface area contributed by atoms with Gasteiger partial charge in [0, 0.05) is 5.69 Å². The Bertz CT molecular complexity index is 932. The second-order valence-corrected chi connectivity index (χ2v) is 8.89. The maximum absolute atomic E-state index is 12.9. The van der Waals surface area contributed by atoms with Gasteiger partial charge in [-0.1, -0.05) is 31.2 Å². The maximum atomic E-state index is 12.9.